The minimum Gasteiger partial charge on any atom is -0.455 e. The lowest BCUT2D eigenvalue weighted by Crippen LogP contribution is -2.03. The molecular weight excluding hydrogens is 587 g/mol. The molecule has 0 aliphatic heterocycles. The summed E-state index contributed by atoms with van der Waals surface area (Å²) in [6, 6.07) is 53.5. The molecule has 3 heterocycles. The second-order valence-electron chi connectivity index (χ2n) is 12.5. The Kier molecular flexibility index (Phi) is 5.08. The first-order chi connectivity index (χ1) is 23.8. The minimum atomic E-state index is 0.634. The normalized spacial score (nSPS) is 12.2. The third kappa shape index (κ3) is 3.43. The van der Waals surface area contributed by atoms with Crippen LogP contribution in [0.15, 0.2) is 156 Å². The molecular formula is C44H25N3O. The van der Waals surface area contributed by atoms with E-state index in [0.717, 1.165) is 65.9 Å². The van der Waals surface area contributed by atoms with Crippen LogP contribution >= 0.6 is 0 Å². The molecule has 0 bridgehead atoms. The van der Waals surface area contributed by atoms with Crippen LogP contribution in [0.25, 0.3) is 104 Å². The molecule has 0 aliphatic rings. The number of hydrogen-bond acceptors (Lipinski definition) is 3. The van der Waals surface area contributed by atoms with E-state index in [1.807, 2.05) is 6.07 Å². The van der Waals surface area contributed by atoms with Gasteiger partial charge in [-0.1, -0.05) is 121 Å². The van der Waals surface area contributed by atoms with Crippen LogP contribution < -0.4 is 0 Å². The lowest BCUT2D eigenvalue weighted by molar-refractivity contribution is 0.673. The van der Waals surface area contributed by atoms with E-state index in [4.69, 9.17) is 14.4 Å². The summed E-state index contributed by atoms with van der Waals surface area (Å²) < 4.78 is 9.03. The molecule has 0 unspecified atom stereocenters. The highest BCUT2D eigenvalue weighted by Crippen LogP contribution is 2.47. The predicted octanol–water partition coefficient (Wildman–Crippen LogP) is 11.8. The Morgan fingerprint density at radius 2 is 1.15 bits per heavy atom. The van der Waals surface area contributed by atoms with Gasteiger partial charge in [-0.25, -0.2) is 9.97 Å². The number of fused-ring (bicyclic) bond motifs is 14. The third-order valence-electron chi connectivity index (χ3n) is 9.94. The smallest absolute Gasteiger partial charge is 0.235 e. The number of hydrogen-bond donors (Lipinski definition) is 0. The molecule has 0 N–H and O–H groups in total. The summed E-state index contributed by atoms with van der Waals surface area (Å²) in [6.07, 6.45) is 0. The molecule has 4 heteroatoms. The average Bonchev–Trinajstić information content (AvgIpc) is 3.70. The molecule has 0 saturated carbocycles. The number of rotatable bonds is 2. The minimum absolute atomic E-state index is 0.634. The molecule has 48 heavy (non-hydrogen) atoms. The zero-order valence-corrected chi connectivity index (χ0v) is 25.7. The monoisotopic (exact) mass is 611 g/mol. The Hall–Kier alpha value is -6.52. The molecule has 0 amide bonds. The SMILES string of the molecule is c1ccc2cc(-c3nc(-n4c5ccccc5c5c6c7ccccc7ccc6c6oc7ccccc7c6c54)nc4ccccc34)ccc2c1. The van der Waals surface area contributed by atoms with Crippen LogP contribution in [0.1, 0.15) is 0 Å². The molecule has 11 rings (SSSR count). The van der Waals surface area contributed by atoms with Crippen LogP contribution in [0.3, 0.4) is 0 Å². The number of benzene rings is 8. The van der Waals surface area contributed by atoms with Crippen LogP contribution in [0.5, 0.6) is 0 Å². The Morgan fingerprint density at radius 1 is 0.458 bits per heavy atom. The first kappa shape index (κ1) is 25.6. The first-order valence-corrected chi connectivity index (χ1v) is 16.3. The Labute approximate surface area is 274 Å². The summed E-state index contributed by atoms with van der Waals surface area (Å²) in [6.45, 7) is 0. The molecule has 4 nitrogen and oxygen atoms in total. The highest BCUT2D eigenvalue weighted by atomic mass is 16.3. The van der Waals surface area contributed by atoms with Gasteiger partial charge in [-0.15, -0.1) is 0 Å². The van der Waals surface area contributed by atoms with Crippen LogP contribution in [0, 0.1) is 0 Å². The van der Waals surface area contributed by atoms with E-state index < -0.39 is 0 Å². The summed E-state index contributed by atoms with van der Waals surface area (Å²) >= 11 is 0. The van der Waals surface area contributed by atoms with Crippen molar-refractivity contribution in [3.8, 4) is 17.2 Å². The average molecular weight is 612 g/mol. The second kappa shape index (κ2) is 9.50. The third-order valence-corrected chi connectivity index (χ3v) is 9.94. The van der Waals surface area contributed by atoms with E-state index >= 15 is 0 Å². The van der Waals surface area contributed by atoms with E-state index in [1.54, 1.807) is 0 Å². The lowest BCUT2D eigenvalue weighted by atomic mass is 9.95. The Balaban J connectivity index is 1.37. The van der Waals surface area contributed by atoms with Crippen molar-refractivity contribution in [1.29, 1.82) is 0 Å². The van der Waals surface area contributed by atoms with Crippen molar-refractivity contribution >= 4 is 87.0 Å². The van der Waals surface area contributed by atoms with Crippen molar-refractivity contribution in [2.75, 3.05) is 0 Å². The van der Waals surface area contributed by atoms with Crippen molar-refractivity contribution < 1.29 is 4.42 Å². The molecule has 0 aliphatic carbocycles. The van der Waals surface area contributed by atoms with Crippen LogP contribution in [-0.2, 0) is 0 Å². The van der Waals surface area contributed by atoms with E-state index in [1.165, 1.54) is 32.3 Å². The fourth-order valence-electron chi connectivity index (χ4n) is 7.86. The van der Waals surface area contributed by atoms with E-state index in [-0.39, 0.29) is 0 Å². The van der Waals surface area contributed by atoms with Crippen LogP contribution in [-0.4, -0.2) is 14.5 Å². The van der Waals surface area contributed by atoms with Gasteiger partial charge in [0.25, 0.3) is 0 Å². The number of para-hydroxylation sites is 3. The molecule has 8 aromatic carbocycles. The van der Waals surface area contributed by atoms with E-state index in [9.17, 15) is 0 Å². The molecule has 222 valence electrons. The fourth-order valence-corrected chi connectivity index (χ4v) is 7.86. The van der Waals surface area contributed by atoms with Gasteiger partial charge in [-0.05, 0) is 51.9 Å². The van der Waals surface area contributed by atoms with Crippen molar-refractivity contribution in [2.24, 2.45) is 0 Å². The van der Waals surface area contributed by atoms with Gasteiger partial charge in [0, 0.05) is 37.9 Å². The topological polar surface area (TPSA) is 43.9 Å². The maximum atomic E-state index is 6.76. The molecule has 0 fully saturated rings. The van der Waals surface area contributed by atoms with Crippen LogP contribution in [0.2, 0.25) is 0 Å². The van der Waals surface area contributed by atoms with Crippen LogP contribution in [0.4, 0.5) is 0 Å². The highest BCUT2D eigenvalue weighted by molar-refractivity contribution is 6.39. The van der Waals surface area contributed by atoms with Crippen molar-refractivity contribution in [3.63, 3.8) is 0 Å². The number of nitrogens with zero attached hydrogens (tertiary/aromatic N) is 3. The Bertz CT molecular complexity index is 3130. The van der Waals surface area contributed by atoms with Gasteiger partial charge >= 0.3 is 0 Å². The summed E-state index contributed by atoms with van der Waals surface area (Å²) in [5.74, 6) is 0.634. The molecule has 0 atom stereocenters. The maximum Gasteiger partial charge on any atom is 0.235 e. The van der Waals surface area contributed by atoms with Crippen molar-refractivity contribution in [2.45, 2.75) is 0 Å². The maximum absolute atomic E-state index is 6.76. The highest BCUT2D eigenvalue weighted by Gasteiger charge is 2.25. The predicted molar refractivity (Wildman–Crippen MR) is 199 cm³/mol. The second-order valence-corrected chi connectivity index (χ2v) is 12.5. The molecule has 0 radical (unpaired) electrons. The van der Waals surface area contributed by atoms with Gasteiger partial charge in [0.2, 0.25) is 5.95 Å². The zero-order chi connectivity index (χ0) is 31.3. The van der Waals surface area contributed by atoms with Gasteiger partial charge in [-0.3, -0.25) is 4.57 Å². The van der Waals surface area contributed by atoms with Crippen molar-refractivity contribution in [3.05, 3.63) is 152 Å². The zero-order valence-electron chi connectivity index (χ0n) is 25.7. The van der Waals surface area contributed by atoms with Crippen molar-refractivity contribution in [1.82, 2.24) is 14.5 Å². The summed E-state index contributed by atoms with van der Waals surface area (Å²) in [7, 11) is 0. The summed E-state index contributed by atoms with van der Waals surface area (Å²) in [5, 5.41) is 12.6. The molecule has 3 aromatic heterocycles. The molecule has 0 spiro atoms. The van der Waals surface area contributed by atoms with Gasteiger partial charge in [-0.2, -0.15) is 0 Å². The first-order valence-electron chi connectivity index (χ1n) is 16.3. The lowest BCUT2D eigenvalue weighted by Gasteiger charge is -2.13. The van der Waals surface area contributed by atoms with Gasteiger partial charge < -0.3 is 4.42 Å². The molecule has 11 aromatic rings. The summed E-state index contributed by atoms with van der Waals surface area (Å²) in [4.78, 5) is 10.8. The van der Waals surface area contributed by atoms with E-state index in [0.29, 0.717) is 5.95 Å². The van der Waals surface area contributed by atoms with Gasteiger partial charge in [0.1, 0.15) is 11.2 Å². The number of aromatic nitrogens is 3. The van der Waals surface area contributed by atoms with Gasteiger partial charge in [0.15, 0.2) is 0 Å². The van der Waals surface area contributed by atoms with E-state index in [2.05, 4.69) is 150 Å². The quantitative estimate of drug-likeness (QED) is 0.183. The molecule has 0 saturated heterocycles. The Morgan fingerprint density at radius 3 is 2.04 bits per heavy atom. The fraction of sp³-hybridized carbons (Fsp3) is 0. The standard InChI is InChI=1S/C44H25N3O/c1-2-13-28-25-29(22-21-26(28)11-1)41-31-15-5-8-18-35(31)45-44(46-41)47-36-19-9-6-16-32(36)39-38-30-14-4-3-12-27(30)23-24-34(38)43-40(42(39)47)33-17-7-10-20-37(33)48-43/h1-25H. The van der Waals surface area contributed by atoms with Gasteiger partial charge in [0.05, 0.1) is 27.6 Å². The largest absolute Gasteiger partial charge is 0.455 e. The summed E-state index contributed by atoms with van der Waals surface area (Å²) in [5.41, 5.74) is 6.72. The number of furan rings is 1.